The van der Waals surface area contributed by atoms with E-state index in [9.17, 15) is 9.59 Å². The molecule has 0 aliphatic carbocycles. The number of ether oxygens (including phenoxy) is 1. The van der Waals surface area contributed by atoms with E-state index in [4.69, 9.17) is 16.3 Å². The van der Waals surface area contributed by atoms with Crippen LogP contribution in [0.15, 0.2) is 48.5 Å². The molecular formula is C17H15ClN2O3. The van der Waals surface area contributed by atoms with Crippen molar-refractivity contribution in [1.29, 1.82) is 0 Å². The molecular weight excluding hydrogens is 316 g/mol. The van der Waals surface area contributed by atoms with Crippen LogP contribution in [0.3, 0.4) is 0 Å². The lowest BCUT2D eigenvalue weighted by atomic mass is 10.0. The van der Waals surface area contributed by atoms with Crippen LogP contribution < -0.4 is 15.4 Å². The molecule has 1 heterocycles. The summed E-state index contributed by atoms with van der Waals surface area (Å²) in [5.41, 5.74) is 1.40. The van der Waals surface area contributed by atoms with Crippen molar-refractivity contribution in [3.05, 3.63) is 59.1 Å². The van der Waals surface area contributed by atoms with Gasteiger partial charge in [-0.15, -0.1) is 0 Å². The van der Waals surface area contributed by atoms with Crippen molar-refractivity contribution in [3.8, 4) is 5.75 Å². The molecule has 0 radical (unpaired) electrons. The molecule has 2 amide bonds. The second-order valence-corrected chi connectivity index (χ2v) is 5.60. The van der Waals surface area contributed by atoms with Crippen molar-refractivity contribution in [2.45, 2.75) is 12.5 Å². The van der Waals surface area contributed by atoms with E-state index in [1.165, 1.54) is 0 Å². The van der Waals surface area contributed by atoms with E-state index in [-0.39, 0.29) is 6.04 Å². The molecule has 118 valence electrons. The number of halogens is 1. The summed E-state index contributed by atoms with van der Waals surface area (Å²) in [4.78, 5) is 24.1. The minimum atomic E-state index is -0.712. The maximum atomic E-state index is 12.1. The molecule has 0 saturated heterocycles. The number of para-hydroxylation sites is 1. The van der Waals surface area contributed by atoms with E-state index < -0.39 is 11.8 Å². The molecule has 0 bridgehead atoms. The summed E-state index contributed by atoms with van der Waals surface area (Å²) in [6, 6.07) is 13.8. The smallest absolute Gasteiger partial charge is 0.313 e. The zero-order chi connectivity index (χ0) is 16.2. The van der Waals surface area contributed by atoms with Gasteiger partial charge in [0, 0.05) is 22.7 Å². The van der Waals surface area contributed by atoms with Gasteiger partial charge in [-0.25, -0.2) is 0 Å². The normalized spacial score (nSPS) is 16.0. The van der Waals surface area contributed by atoms with Gasteiger partial charge in [0.2, 0.25) is 0 Å². The van der Waals surface area contributed by atoms with Crippen LogP contribution in [0.5, 0.6) is 5.75 Å². The van der Waals surface area contributed by atoms with Crippen LogP contribution in [0, 0.1) is 0 Å². The summed E-state index contributed by atoms with van der Waals surface area (Å²) >= 11 is 5.78. The van der Waals surface area contributed by atoms with Gasteiger partial charge in [-0.3, -0.25) is 9.59 Å². The van der Waals surface area contributed by atoms with Crippen molar-refractivity contribution >= 4 is 29.1 Å². The predicted molar refractivity (Wildman–Crippen MR) is 87.5 cm³/mol. The van der Waals surface area contributed by atoms with Crippen LogP contribution in [0.2, 0.25) is 5.02 Å². The van der Waals surface area contributed by atoms with Gasteiger partial charge in [0.05, 0.1) is 12.6 Å². The zero-order valence-corrected chi connectivity index (χ0v) is 13.0. The quantitative estimate of drug-likeness (QED) is 0.832. The first-order valence-corrected chi connectivity index (χ1v) is 7.60. The van der Waals surface area contributed by atoms with Gasteiger partial charge in [-0.1, -0.05) is 29.8 Å². The predicted octanol–water partition coefficient (Wildman–Crippen LogP) is 2.92. The highest BCUT2D eigenvalue weighted by Crippen LogP contribution is 2.31. The Kier molecular flexibility index (Phi) is 4.48. The Morgan fingerprint density at radius 2 is 1.78 bits per heavy atom. The Morgan fingerprint density at radius 1 is 1.04 bits per heavy atom. The number of rotatable bonds is 2. The third-order valence-corrected chi connectivity index (χ3v) is 3.82. The minimum absolute atomic E-state index is 0.233. The van der Waals surface area contributed by atoms with Crippen LogP contribution in [-0.2, 0) is 9.59 Å². The Bertz CT molecular complexity index is 731. The molecule has 0 saturated carbocycles. The number of nitrogens with one attached hydrogen (secondary N) is 2. The number of benzene rings is 2. The van der Waals surface area contributed by atoms with Crippen LogP contribution in [0.4, 0.5) is 5.69 Å². The summed E-state index contributed by atoms with van der Waals surface area (Å²) in [5.74, 6) is -0.653. The number of amides is 2. The van der Waals surface area contributed by atoms with Crippen LogP contribution >= 0.6 is 11.6 Å². The average molecular weight is 331 g/mol. The Morgan fingerprint density at radius 3 is 2.57 bits per heavy atom. The summed E-state index contributed by atoms with van der Waals surface area (Å²) < 4.78 is 5.54. The van der Waals surface area contributed by atoms with Crippen molar-refractivity contribution in [1.82, 2.24) is 5.32 Å². The summed E-state index contributed by atoms with van der Waals surface area (Å²) in [7, 11) is 0. The molecule has 1 aliphatic heterocycles. The van der Waals surface area contributed by atoms with Gasteiger partial charge < -0.3 is 15.4 Å². The molecule has 1 atom stereocenters. The fourth-order valence-electron chi connectivity index (χ4n) is 2.44. The highest BCUT2D eigenvalue weighted by Gasteiger charge is 2.25. The lowest BCUT2D eigenvalue weighted by molar-refractivity contribution is -0.136. The van der Waals surface area contributed by atoms with E-state index in [1.54, 1.807) is 24.3 Å². The van der Waals surface area contributed by atoms with Gasteiger partial charge in [0.1, 0.15) is 5.75 Å². The van der Waals surface area contributed by atoms with Crippen molar-refractivity contribution < 1.29 is 14.3 Å². The maximum absolute atomic E-state index is 12.1. The topological polar surface area (TPSA) is 67.4 Å². The highest BCUT2D eigenvalue weighted by molar-refractivity contribution is 6.39. The fraction of sp³-hybridized carbons (Fsp3) is 0.176. The van der Waals surface area contributed by atoms with Crippen molar-refractivity contribution in [3.63, 3.8) is 0 Å². The SMILES string of the molecule is O=C(Nc1ccc(Cl)cc1)C(=O)N[C@@H]1CCOc2ccccc21. The molecule has 0 fully saturated rings. The summed E-state index contributed by atoms with van der Waals surface area (Å²) in [6.45, 7) is 0.501. The number of carbonyl (C=O) groups is 2. The zero-order valence-electron chi connectivity index (χ0n) is 12.2. The van der Waals surface area contributed by atoms with E-state index in [1.807, 2.05) is 24.3 Å². The van der Waals surface area contributed by atoms with Crippen molar-refractivity contribution in [2.75, 3.05) is 11.9 Å². The van der Waals surface area contributed by atoms with Crippen LogP contribution in [0.1, 0.15) is 18.0 Å². The third kappa shape index (κ3) is 3.63. The monoisotopic (exact) mass is 330 g/mol. The van der Waals surface area contributed by atoms with Crippen molar-refractivity contribution in [2.24, 2.45) is 0 Å². The second kappa shape index (κ2) is 6.71. The molecule has 0 spiro atoms. The maximum Gasteiger partial charge on any atom is 0.313 e. The van der Waals surface area contributed by atoms with Gasteiger partial charge in [0.15, 0.2) is 0 Å². The first kappa shape index (κ1) is 15.4. The van der Waals surface area contributed by atoms with Gasteiger partial charge in [-0.2, -0.15) is 0 Å². The molecule has 2 N–H and O–H groups in total. The molecule has 2 aromatic carbocycles. The highest BCUT2D eigenvalue weighted by atomic mass is 35.5. The average Bonchev–Trinajstić information content (AvgIpc) is 2.57. The first-order chi connectivity index (χ1) is 11.1. The Balaban J connectivity index is 1.65. The molecule has 3 rings (SSSR count). The van der Waals surface area contributed by atoms with E-state index in [0.29, 0.717) is 23.7 Å². The first-order valence-electron chi connectivity index (χ1n) is 7.22. The van der Waals surface area contributed by atoms with E-state index in [0.717, 1.165) is 11.3 Å². The van der Waals surface area contributed by atoms with Crippen LogP contribution in [-0.4, -0.2) is 18.4 Å². The number of anilines is 1. The van der Waals surface area contributed by atoms with E-state index in [2.05, 4.69) is 10.6 Å². The van der Waals surface area contributed by atoms with Crippen LogP contribution in [0.25, 0.3) is 0 Å². The van der Waals surface area contributed by atoms with Gasteiger partial charge >= 0.3 is 11.8 Å². The molecule has 5 nitrogen and oxygen atoms in total. The lowest BCUT2D eigenvalue weighted by Crippen LogP contribution is -2.39. The van der Waals surface area contributed by atoms with Gasteiger partial charge in [0.25, 0.3) is 0 Å². The molecule has 23 heavy (non-hydrogen) atoms. The molecule has 0 unspecified atom stereocenters. The third-order valence-electron chi connectivity index (χ3n) is 3.57. The standard InChI is InChI=1S/C17H15ClN2O3/c18-11-5-7-12(8-6-11)19-16(21)17(22)20-14-9-10-23-15-4-2-1-3-13(14)15/h1-8,14H,9-10H2,(H,19,21)(H,20,22)/t14-/m1/s1. The second-order valence-electron chi connectivity index (χ2n) is 5.16. The molecule has 6 heteroatoms. The number of hydrogen-bond donors (Lipinski definition) is 2. The summed E-state index contributed by atoms with van der Waals surface area (Å²) in [6.07, 6.45) is 0.622. The molecule has 0 aromatic heterocycles. The molecule has 2 aromatic rings. The largest absolute Gasteiger partial charge is 0.493 e. The van der Waals surface area contributed by atoms with Gasteiger partial charge in [-0.05, 0) is 30.3 Å². The fourth-order valence-corrected chi connectivity index (χ4v) is 2.56. The lowest BCUT2D eigenvalue weighted by Gasteiger charge is -2.26. The number of carbonyl (C=O) groups excluding carboxylic acids is 2. The number of fused-ring (bicyclic) bond motifs is 1. The number of hydrogen-bond acceptors (Lipinski definition) is 3. The Labute approximate surface area is 138 Å². The minimum Gasteiger partial charge on any atom is -0.493 e. The van der Waals surface area contributed by atoms with E-state index >= 15 is 0 Å². The summed E-state index contributed by atoms with van der Waals surface area (Å²) in [5, 5.41) is 5.85. The Hall–Kier alpha value is -2.53. The molecule has 1 aliphatic rings.